The molecule has 3 aromatic rings. The Bertz CT molecular complexity index is 982. The second kappa shape index (κ2) is 8.75. The van der Waals surface area contributed by atoms with Crippen molar-refractivity contribution in [3.05, 3.63) is 71.5 Å². The lowest BCUT2D eigenvalue weighted by Crippen LogP contribution is -2.18. The molecule has 0 spiro atoms. The van der Waals surface area contributed by atoms with E-state index in [4.69, 9.17) is 0 Å². The summed E-state index contributed by atoms with van der Waals surface area (Å²) in [5.74, 6) is 0.0121. The highest BCUT2D eigenvalue weighted by Gasteiger charge is 2.15. The summed E-state index contributed by atoms with van der Waals surface area (Å²) in [5.41, 5.74) is 4.11. The van der Waals surface area contributed by atoms with Crippen LogP contribution in [0.5, 0.6) is 0 Å². The summed E-state index contributed by atoms with van der Waals surface area (Å²) in [6.45, 7) is 3.95. The Balaban J connectivity index is 1.63. The predicted octanol–water partition coefficient (Wildman–Crippen LogP) is 3.58. The quantitative estimate of drug-likeness (QED) is 0.627. The number of thioether (sulfide) groups is 1. The van der Waals surface area contributed by atoms with Crippen molar-refractivity contribution in [2.75, 3.05) is 18.1 Å². The molecule has 2 N–H and O–H groups in total. The van der Waals surface area contributed by atoms with E-state index in [0.29, 0.717) is 11.3 Å². The minimum atomic E-state index is -0.158. The molecule has 1 heterocycles. The number of aryl methyl sites for hydroxylation is 1. The minimum Gasteiger partial charge on any atom is -0.355 e. The summed E-state index contributed by atoms with van der Waals surface area (Å²) >= 11 is 1.47. The van der Waals surface area contributed by atoms with E-state index in [-0.39, 0.29) is 17.6 Å². The molecule has 6 nitrogen and oxygen atoms in total. The minimum absolute atomic E-state index is 0.107. The van der Waals surface area contributed by atoms with Gasteiger partial charge in [-0.3, -0.25) is 9.59 Å². The lowest BCUT2D eigenvalue weighted by molar-refractivity contribution is -0.113. The SMILES string of the molecule is CNC(=O)c1ccc(NC(=O)CSc2c(C)nn(-c3ccccc3)c2C)cc1. The van der Waals surface area contributed by atoms with E-state index in [2.05, 4.69) is 15.7 Å². The Morgan fingerprint density at radius 1 is 1.04 bits per heavy atom. The highest BCUT2D eigenvalue weighted by molar-refractivity contribution is 8.00. The molecule has 2 aromatic carbocycles. The van der Waals surface area contributed by atoms with Crippen molar-refractivity contribution in [3.63, 3.8) is 0 Å². The zero-order valence-corrected chi connectivity index (χ0v) is 16.8. The van der Waals surface area contributed by atoms with E-state index in [0.717, 1.165) is 22.0 Å². The van der Waals surface area contributed by atoms with Gasteiger partial charge in [-0.05, 0) is 50.2 Å². The number of amides is 2. The van der Waals surface area contributed by atoms with Crippen LogP contribution in [0.15, 0.2) is 59.5 Å². The highest BCUT2D eigenvalue weighted by Crippen LogP contribution is 2.28. The third kappa shape index (κ3) is 4.43. The van der Waals surface area contributed by atoms with Crippen molar-refractivity contribution in [2.24, 2.45) is 0 Å². The molecule has 0 saturated carbocycles. The molecule has 7 heteroatoms. The molecule has 144 valence electrons. The molecule has 0 bridgehead atoms. The molecule has 28 heavy (non-hydrogen) atoms. The number of aromatic nitrogens is 2. The molecule has 0 saturated heterocycles. The smallest absolute Gasteiger partial charge is 0.251 e. The summed E-state index contributed by atoms with van der Waals surface area (Å²) in [5, 5.41) is 10.0. The number of benzene rings is 2. The third-order valence-corrected chi connectivity index (χ3v) is 5.52. The van der Waals surface area contributed by atoms with E-state index in [1.165, 1.54) is 11.8 Å². The van der Waals surface area contributed by atoms with Crippen molar-refractivity contribution < 1.29 is 9.59 Å². The maximum absolute atomic E-state index is 12.3. The van der Waals surface area contributed by atoms with Gasteiger partial charge >= 0.3 is 0 Å². The molecule has 0 radical (unpaired) electrons. The highest BCUT2D eigenvalue weighted by atomic mass is 32.2. The molecule has 0 aliphatic heterocycles. The van der Waals surface area contributed by atoms with Crippen LogP contribution in [0.2, 0.25) is 0 Å². The van der Waals surface area contributed by atoms with Crippen LogP contribution in [0.25, 0.3) is 5.69 Å². The van der Waals surface area contributed by atoms with Crippen LogP contribution in [0.1, 0.15) is 21.7 Å². The normalized spacial score (nSPS) is 10.5. The van der Waals surface area contributed by atoms with Gasteiger partial charge in [0.05, 0.1) is 27.7 Å². The maximum atomic E-state index is 12.3. The molecule has 0 atom stereocenters. The number of rotatable bonds is 6. The first kappa shape index (κ1) is 19.7. The van der Waals surface area contributed by atoms with E-state index < -0.39 is 0 Å². The average molecular weight is 395 g/mol. The fraction of sp³-hybridized carbons (Fsp3) is 0.190. The van der Waals surface area contributed by atoms with E-state index in [1.807, 2.05) is 48.9 Å². The lowest BCUT2D eigenvalue weighted by atomic mass is 10.2. The average Bonchev–Trinajstić information content (AvgIpc) is 3.00. The van der Waals surface area contributed by atoms with Gasteiger partial charge in [0, 0.05) is 18.3 Å². The van der Waals surface area contributed by atoms with Gasteiger partial charge < -0.3 is 10.6 Å². The Morgan fingerprint density at radius 3 is 2.36 bits per heavy atom. The molecular weight excluding hydrogens is 372 g/mol. The standard InChI is InChI=1S/C21H22N4O2S/c1-14-20(15(2)25(24-14)18-7-5-4-6-8-18)28-13-19(26)23-17-11-9-16(10-12-17)21(27)22-3/h4-12H,13H2,1-3H3,(H,22,27)(H,23,26). The Hall–Kier alpha value is -3.06. The second-order valence-electron chi connectivity index (χ2n) is 6.24. The number of anilines is 1. The fourth-order valence-corrected chi connectivity index (χ4v) is 3.73. The molecule has 0 aliphatic rings. The van der Waals surface area contributed by atoms with Gasteiger partial charge in [0.15, 0.2) is 0 Å². The number of hydrogen-bond acceptors (Lipinski definition) is 4. The van der Waals surface area contributed by atoms with Gasteiger partial charge in [0.2, 0.25) is 5.91 Å². The largest absolute Gasteiger partial charge is 0.355 e. The van der Waals surface area contributed by atoms with Crippen molar-refractivity contribution in [1.29, 1.82) is 0 Å². The predicted molar refractivity (Wildman–Crippen MR) is 112 cm³/mol. The van der Waals surface area contributed by atoms with E-state index >= 15 is 0 Å². The van der Waals surface area contributed by atoms with Crippen LogP contribution in [0.3, 0.4) is 0 Å². The first-order valence-electron chi connectivity index (χ1n) is 8.86. The lowest BCUT2D eigenvalue weighted by Gasteiger charge is -2.07. The van der Waals surface area contributed by atoms with Crippen molar-refractivity contribution >= 4 is 29.3 Å². The molecule has 3 rings (SSSR count). The van der Waals surface area contributed by atoms with Crippen LogP contribution in [0.4, 0.5) is 5.69 Å². The molecule has 1 aromatic heterocycles. The van der Waals surface area contributed by atoms with Crippen LogP contribution in [0, 0.1) is 13.8 Å². The summed E-state index contributed by atoms with van der Waals surface area (Å²) in [7, 11) is 1.58. The first-order chi connectivity index (χ1) is 13.5. The molecule has 0 aliphatic carbocycles. The van der Waals surface area contributed by atoms with Gasteiger partial charge in [0.1, 0.15) is 0 Å². The first-order valence-corrected chi connectivity index (χ1v) is 9.84. The number of carbonyl (C=O) groups is 2. The van der Waals surface area contributed by atoms with Gasteiger partial charge in [-0.2, -0.15) is 5.10 Å². The zero-order chi connectivity index (χ0) is 20.1. The van der Waals surface area contributed by atoms with E-state index in [9.17, 15) is 9.59 Å². The van der Waals surface area contributed by atoms with Gasteiger partial charge in [-0.25, -0.2) is 4.68 Å². The third-order valence-electron chi connectivity index (χ3n) is 4.23. The number of carbonyl (C=O) groups excluding carboxylic acids is 2. The molecule has 2 amide bonds. The summed E-state index contributed by atoms with van der Waals surface area (Å²) in [6.07, 6.45) is 0. The topological polar surface area (TPSA) is 76.0 Å². The molecule has 0 unspecified atom stereocenters. The van der Waals surface area contributed by atoms with Gasteiger partial charge in [-0.1, -0.05) is 18.2 Å². The number of para-hydroxylation sites is 1. The number of hydrogen-bond donors (Lipinski definition) is 2. The van der Waals surface area contributed by atoms with Gasteiger partial charge in [-0.15, -0.1) is 11.8 Å². The van der Waals surface area contributed by atoms with Gasteiger partial charge in [0.25, 0.3) is 5.91 Å². The maximum Gasteiger partial charge on any atom is 0.251 e. The van der Waals surface area contributed by atoms with Crippen LogP contribution < -0.4 is 10.6 Å². The van der Waals surface area contributed by atoms with Crippen molar-refractivity contribution in [2.45, 2.75) is 18.7 Å². The van der Waals surface area contributed by atoms with Crippen molar-refractivity contribution in [1.82, 2.24) is 15.1 Å². The fourth-order valence-electron chi connectivity index (χ4n) is 2.84. The Kier molecular flexibility index (Phi) is 6.16. The molecule has 0 fully saturated rings. The number of nitrogens with zero attached hydrogens (tertiary/aromatic N) is 2. The Labute approximate surface area is 168 Å². The summed E-state index contributed by atoms with van der Waals surface area (Å²) < 4.78 is 1.90. The van der Waals surface area contributed by atoms with E-state index in [1.54, 1.807) is 31.3 Å². The monoisotopic (exact) mass is 394 g/mol. The van der Waals surface area contributed by atoms with Crippen LogP contribution in [-0.4, -0.2) is 34.4 Å². The van der Waals surface area contributed by atoms with Crippen molar-refractivity contribution in [3.8, 4) is 5.69 Å². The zero-order valence-electron chi connectivity index (χ0n) is 16.0. The summed E-state index contributed by atoms with van der Waals surface area (Å²) in [4.78, 5) is 24.9. The Morgan fingerprint density at radius 2 is 1.71 bits per heavy atom. The van der Waals surface area contributed by atoms with Crippen LogP contribution in [-0.2, 0) is 4.79 Å². The summed E-state index contributed by atoms with van der Waals surface area (Å²) in [6, 6.07) is 16.7. The van der Waals surface area contributed by atoms with Crippen LogP contribution >= 0.6 is 11.8 Å². The number of nitrogens with one attached hydrogen (secondary N) is 2. The molecular formula is C21H22N4O2S. The second-order valence-corrected chi connectivity index (χ2v) is 7.23.